The van der Waals surface area contributed by atoms with Gasteiger partial charge < -0.3 is 94.9 Å². The second-order valence-corrected chi connectivity index (χ2v) is 1.22. The molecule has 0 rings (SSSR count). The van der Waals surface area contributed by atoms with Gasteiger partial charge in [-0.2, -0.15) is 0 Å². The third kappa shape index (κ3) is 1520. The summed E-state index contributed by atoms with van der Waals surface area (Å²) in [6, 6.07) is 0. The van der Waals surface area contributed by atoms with Gasteiger partial charge in [0.15, 0.2) is 0 Å². The van der Waals surface area contributed by atoms with Gasteiger partial charge in [0, 0.05) is 0 Å². The Morgan fingerprint density at radius 2 is 0.308 bits per heavy atom. The zero-order valence-corrected chi connectivity index (χ0v) is 23.9. The molecule has 20 nitrogen and oxygen atoms in total. The molecular weight excluding hydrogens is 476 g/mol. The Morgan fingerprint density at radius 3 is 0.308 bits per heavy atom. The van der Waals surface area contributed by atoms with Gasteiger partial charge >= 0.3 is 118 Å². The van der Waals surface area contributed by atoms with E-state index in [2.05, 4.69) is 0 Å². The van der Waals surface area contributed by atoms with Gasteiger partial charge in [-0.15, -0.1) is 22.7 Å². The first-order valence-electron chi connectivity index (χ1n) is 1.00. The zero-order chi connectivity index (χ0) is 7.15. The van der Waals surface area contributed by atoms with E-state index in [1.807, 2.05) is 0 Å². The number of rotatable bonds is 0. The van der Waals surface area contributed by atoms with Crippen molar-refractivity contribution >= 4 is 22.7 Å². The normalized spacial score (nSPS) is 2.69. The maximum Gasteiger partial charge on any atom is 1.00 e. The van der Waals surface area contributed by atoms with Crippen LogP contribution in [0, 0.1) is 0 Å². The first kappa shape index (κ1) is 263. The van der Waals surface area contributed by atoms with Crippen molar-refractivity contribution in [2.75, 3.05) is 0 Å². The molecule has 26 heteroatoms. The second kappa shape index (κ2) is 237. The van der Waals surface area contributed by atoms with E-state index in [-0.39, 0.29) is 195 Å². The van der Waals surface area contributed by atoms with Gasteiger partial charge in [0.05, 0.1) is 0 Å². The van der Waals surface area contributed by atoms with Crippen molar-refractivity contribution in [3.8, 4) is 0 Å². The van der Waals surface area contributed by atoms with Gasteiger partial charge in [-0.3, -0.25) is 8.42 Å². The molecule has 0 radical (unpaired) electrons. The molecule has 0 amide bonds. The Labute approximate surface area is 241 Å². The molecule has 0 saturated carbocycles. The fraction of sp³-hybridized carbons (Fsp3) is 0. The van der Waals surface area contributed by atoms with Crippen LogP contribution >= 0.6 is 0 Å². The van der Waals surface area contributed by atoms with Gasteiger partial charge in [0.2, 0.25) is 0 Å². The van der Waals surface area contributed by atoms with Gasteiger partial charge in [-0.25, -0.2) is 0 Å². The van der Waals surface area contributed by atoms with E-state index >= 15 is 0 Å². The molecular formula is H28Na4O20S2. The summed E-state index contributed by atoms with van der Waals surface area (Å²) in [5, 5.41) is 0. The molecule has 0 aromatic carbocycles. The molecule has 0 aliphatic carbocycles. The van der Waals surface area contributed by atoms with Crippen LogP contribution in [-0.4, -0.2) is 103 Å². The first-order valence-corrected chi connectivity index (χ1v) is 3.00. The van der Waals surface area contributed by atoms with Crippen LogP contribution in [0.25, 0.3) is 0 Å². The van der Waals surface area contributed by atoms with Crippen LogP contribution in [0.2, 0.25) is 0 Å². The molecule has 0 aromatic heterocycles. The van der Waals surface area contributed by atoms with E-state index in [1.165, 1.54) is 0 Å². The molecule has 28 N–H and O–H groups in total. The summed E-state index contributed by atoms with van der Waals surface area (Å²) in [5.41, 5.74) is 0. The van der Waals surface area contributed by atoms with Crippen molar-refractivity contribution in [3.63, 3.8) is 0 Å². The van der Waals surface area contributed by atoms with Crippen LogP contribution in [-0.2, 0) is 22.7 Å². The van der Waals surface area contributed by atoms with Gasteiger partial charge in [-0.1, -0.05) is 0 Å². The average molecular weight is 504 g/mol. The topological polar surface area (TPSA) is 567 Å². The summed E-state index contributed by atoms with van der Waals surface area (Å²) < 4.78 is 50.7. The summed E-state index contributed by atoms with van der Waals surface area (Å²) in [6.07, 6.45) is 0. The molecule has 0 aliphatic heterocycles. The Kier molecular flexibility index (Phi) is 2400. The minimum Gasteiger partial charge on any atom is -0.784 e. The molecule has 0 aliphatic rings. The number of hydrogen-bond acceptors (Lipinski definition) is 6. The predicted octanol–water partition coefficient (Wildman–Crippen LogP) is -25.5. The van der Waals surface area contributed by atoms with Crippen molar-refractivity contribution < 1.29 is 222 Å². The molecule has 0 bridgehead atoms. The SMILES string of the molecule is O.O.O.O.O.O.O.O.O.O.O.O.O.O.O=S([O-])[O-].O=S([O-])[O-].[Na+].[Na+].[Na+].[Na+]. The summed E-state index contributed by atoms with van der Waals surface area (Å²) in [7, 11) is 0. The van der Waals surface area contributed by atoms with Gasteiger partial charge in [-0.05, 0) is 0 Å². The minimum atomic E-state index is -3.11. The number of hydrogen-bond donors (Lipinski definition) is 0. The monoisotopic (exact) mass is 504 g/mol. The Hall–Kier alpha value is 3.58. The van der Waals surface area contributed by atoms with Gasteiger partial charge in [0.1, 0.15) is 0 Å². The third-order valence-corrected chi connectivity index (χ3v) is 0. The maximum atomic E-state index is 8.44. The molecule has 0 aromatic rings. The summed E-state index contributed by atoms with van der Waals surface area (Å²) in [5.74, 6) is 0. The van der Waals surface area contributed by atoms with Crippen molar-refractivity contribution in [2.24, 2.45) is 0 Å². The van der Waals surface area contributed by atoms with Crippen LogP contribution in [0.1, 0.15) is 0 Å². The predicted molar refractivity (Wildman–Crippen MR) is 70.0 cm³/mol. The minimum absolute atomic E-state index is 0. The van der Waals surface area contributed by atoms with E-state index in [0.717, 1.165) is 0 Å². The fourth-order valence-electron chi connectivity index (χ4n) is 0. The van der Waals surface area contributed by atoms with Crippen molar-refractivity contribution in [1.29, 1.82) is 0 Å². The Morgan fingerprint density at radius 1 is 0.308 bits per heavy atom. The summed E-state index contributed by atoms with van der Waals surface area (Å²) in [6.45, 7) is 0. The van der Waals surface area contributed by atoms with E-state index < -0.39 is 22.7 Å². The summed E-state index contributed by atoms with van der Waals surface area (Å²) >= 11 is -6.22. The molecule has 0 saturated heterocycles. The second-order valence-electron chi connectivity index (χ2n) is 0.408. The first-order chi connectivity index (χ1) is 3.46. The molecule has 0 spiro atoms. The largest absolute Gasteiger partial charge is 1.00 e. The van der Waals surface area contributed by atoms with E-state index in [4.69, 9.17) is 26.6 Å². The van der Waals surface area contributed by atoms with Crippen LogP contribution in [0.5, 0.6) is 0 Å². The molecule has 26 heavy (non-hydrogen) atoms. The van der Waals surface area contributed by atoms with E-state index in [9.17, 15) is 0 Å². The van der Waals surface area contributed by atoms with Crippen LogP contribution in [0.4, 0.5) is 0 Å². The third-order valence-electron chi connectivity index (χ3n) is 0. The van der Waals surface area contributed by atoms with Gasteiger partial charge in [0.25, 0.3) is 0 Å². The van der Waals surface area contributed by atoms with Crippen LogP contribution in [0.15, 0.2) is 0 Å². The molecule has 0 heterocycles. The quantitative estimate of drug-likeness (QED) is 0.227. The standard InChI is InChI=1S/4Na.2H2O3S.14H2O/c;;;;2*1-4(2)3;;;;;;;;;;;;;;/h;;;;2*(H2,1,2,3);14*1H2/q4*+1;;;;;;;;;;;;;;;;/p-4. The van der Waals surface area contributed by atoms with E-state index in [0.29, 0.717) is 0 Å². The zero-order valence-electron chi connectivity index (χ0n) is 14.3. The molecule has 0 unspecified atom stereocenters. The van der Waals surface area contributed by atoms with Crippen molar-refractivity contribution in [1.82, 2.24) is 0 Å². The smallest absolute Gasteiger partial charge is 0.784 e. The van der Waals surface area contributed by atoms with Crippen LogP contribution < -0.4 is 118 Å². The molecule has 164 valence electrons. The Balaban J connectivity index is -0.000000000909. The van der Waals surface area contributed by atoms with E-state index in [1.54, 1.807) is 0 Å². The fourth-order valence-corrected chi connectivity index (χ4v) is 0. The maximum absolute atomic E-state index is 8.44. The average Bonchev–Trinajstić information content (AvgIpc) is 1.25. The van der Waals surface area contributed by atoms with Crippen molar-refractivity contribution in [3.05, 3.63) is 0 Å². The molecule has 0 fully saturated rings. The Bertz CT molecular complexity index is 83.8. The van der Waals surface area contributed by atoms with Crippen molar-refractivity contribution in [2.45, 2.75) is 0 Å². The summed E-state index contributed by atoms with van der Waals surface area (Å²) in [4.78, 5) is 0. The molecule has 0 atom stereocenters. The van der Waals surface area contributed by atoms with Crippen LogP contribution in [0.3, 0.4) is 0 Å².